The van der Waals surface area contributed by atoms with Gasteiger partial charge >= 0.3 is 29.2 Å². The van der Waals surface area contributed by atoms with Gasteiger partial charge in [0.1, 0.15) is 12.2 Å². The lowest BCUT2D eigenvalue weighted by Gasteiger charge is -2.26. The molecule has 1 fully saturated rings. The minimum atomic E-state index is -5.78. The highest BCUT2D eigenvalue weighted by atomic mass is 35.5. The standard InChI is InChI=1S/C12H15Cl2N2O14P3/c1-6-4-8(17)15-11(19)16(6)10-12(14,2-3-13)9(18)7(28-10)5-27-32(23,24)30-33(25,26)29-31(20,21)22/h4,7,9-10,18H,5H2,1H3,(H,23,24)(H,25,26)(H,15,17,19)(H2,20,21,22)/t7-,9+,10-,12?/m1/s1. The van der Waals surface area contributed by atoms with Crippen LogP contribution in [0.5, 0.6) is 0 Å². The minimum Gasteiger partial charge on any atom is -0.387 e. The molecule has 2 heterocycles. The Labute approximate surface area is 193 Å². The molecule has 3 unspecified atom stereocenters. The third-order valence-electron chi connectivity index (χ3n) is 3.91. The van der Waals surface area contributed by atoms with E-state index in [9.17, 15) is 33.3 Å². The van der Waals surface area contributed by atoms with E-state index in [1.165, 1.54) is 6.92 Å². The van der Waals surface area contributed by atoms with E-state index in [0.717, 1.165) is 10.6 Å². The van der Waals surface area contributed by atoms with Crippen LogP contribution in [0.2, 0.25) is 0 Å². The van der Waals surface area contributed by atoms with Gasteiger partial charge in [0, 0.05) is 17.1 Å². The van der Waals surface area contributed by atoms with Crippen LogP contribution in [-0.4, -0.2) is 57.9 Å². The first-order chi connectivity index (χ1) is 14.9. The summed E-state index contributed by atoms with van der Waals surface area (Å²) in [5, 5.41) is 12.5. The number of aromatic amines is 1. The van der Waals surface area contributed by atoms with Crippen LogP contribution in [0.3, 0.4) is 0 Å². The zero-order chi connectivity index (χ0) is 25.4. The first-order valence-corrected chi connectivity index (χ1v) is 13.4. The second-order valence-electron chi connectivity index (χ2n) is 6.30. The SMILES string of the molecule is Cc1cc(=O)[nH]c(=O)n1[C@@H]1O[C@H](COP(=O)(O)OP(=O)(O)OP(=O)(O)O)[C@H](O)C1(Cl)C#CCl. The largest absolute Gasteiger partial charge is 0.490 e. The zero-order valence-electron chi connectivity index (χ0n) is 16.0. The summed E-state index contributed by atoms with van der Waals surface area (Å²) >= 11 is 11.7. The smallest absolute Gasteiger partial charge is 0.387 e. The van der Waals surface area contributed by atoms with Gasteiger partial charge in [-0.1, -0.05) is 17.5 Å². The molecule has 1 aromatic rings. The number of nitrogens with one attached hydrogen (secondary N) is 1. The Balaban J connectivity index is 2.29. The van der Waals surface area contributed by atoms with Crippen LogP contribution >= 0.6 is 46.7 Å². The van der Waals surface area contributed by atoms with Crippen LogP contribution in [-0.2, 0) is 31.6 Å². The van der Waals surface area contributed by atoms with Gasteiger partial charge in [-0.2, -0.15) is 8.62 Å². The summed E-state index contributed by atoms with van der Waals surface area (Å²) in [6.45, 7) is 0.244. The Kier molecular flexibility index (Phi) is 8.62. The lowest BCUT2D eigenvalue weighted by atomic mass is 9.99. The molecule has 0 radical (unpaired) electrons. The Hall–Kier alpha value is -0.850. The number of hydrogen-bond acceptors (Lipinski definition) is 10. The highest BCUT2D eigenvalue weighted by Gasteiger charge is 2.57. The van der Waals surface area contributed by atoms with Gasteiger partial charge < -0.3 is 29.4 Å². The van der Waals surface area contributed by atoms with Crippen LogP contribution in [0.15, 0.2) is 15.7 Å². The third-order valence-corrected chi connectivity index (χ3v) is 8.31. The fourth-order valence-electron chi connectivity index (χ4n) is 2.73. The zero-order valence-corrected chi connectivity index (χ0v) is 20.2. The van der Waals surface area contributed by atoms with Crippen LogP contribution in [0, 0.1) is 18.2 Å². The van der Waals surface area contributed by atoms with Crippen LogP contribution in [0.25, 0.3) is 0 Å². The first kappa shape index (κ1) is 28.4. The lowest BCUT2D eigenvalue weighted by Crippen LogP contribution is -2.45. The van der Waals surface area contributed by atoms with E-state index < -0.39 is 64.6 Å². The van der Waals surface area contributed by atoms with Crippen molar-refractivity contribution in [2.24, 2.45) is 0 Å². The number of halogens is 2. The van der Waals surface area contributed by atoms with E-state index in [1.54, 1.807) is 0 Å². The number of hydrogen-bond donors (Lipinski definition) is 6. The molecule has 16 nitrogen and oxygen atoms in total. The van der Waals surface area contributed by atoms with Crippen LogP contribution < -0.4 is 11.2 Å². The van der Waals surface area contributed by atoms with Crippen LogP contribution in [0.4, 0.5) is 0 Å². The summed E-state index contributed by atoms with van der Waals surface area (Å²) < 4.78 is 51.7. The molecule has 1 aromatic heterocycles. The number of aliphatic hydroxyl groups is 1. The summed E-state index contributed by atoms with van der Waals surface area (Å²) in [6.07, 6.45) is -5.15. The minimum absolute atomic E-state index is 0.0240. The topological polar surface area (TPSA) is 244 Å². The van der Waals surface area contributed by atoms with Crippen molar-refractivity contribution in [3.63, 3.8) is 0 Å². The molecular formula is C12H15Cl2N2O14P3. The van der Waals surface area contributed by atoms with Crippen molar-refractivity contribution in [2.75, 3.05) is 6.61 Å². The summed E-state index contributed by atoms with van der Waals surface area (Å²) in [7, 11) is -16.9. The highest BCUT2D eigenvalue weighted by molar-refractivity contribution is 7.66. The predicted octanol–water partition coefficient (Wildman–Crippen LogP) is -0.376. The van der Waals surface area contributed by atoms with Crippen LogP contribution in [0.1, 0.15) is 11.9 Å². The van der Waals surface area contributed by atoms with Crippen molar-refractivity contribution >= 4 is 46.7 Å². The summed E-state index contributed by atoms with van der Waals surface area (Å²) in [5.41, 5.74) is -1.73. The Morgan fingerprint density at radius 3 is 2.33 bits per heavy atom. The fourth-order valence-corrected chi connectivity index (χ4v) is 6.30. The molecule has 2 rings (SSSR count). The number of rotatable bonds is 8. The highest BCUT2D eigenvalue weighted by Crippen LogP contribution is 2.66. The van der Waals surface area contributed by atoms with Crippen molar-refractivity contribution < 1.29 is 56.3 Å². The molecule has 1 aliphatic rings. The summed E-state index contributed by atoms with van der Waals surface area (Å²) in [6, 6.07) is 1.00. The number of phosphoric acid groups is 3. The van der Waals surface area contributed by atoms with Gasteiger partial charge in [0.15, 0.2) is 11.1 Å². The van der Waals surface area contributed by atoms with Gasteiger partial charge in [0.2, 0.25) is 0 Å². The van der Waals surface area contributed by atoms with Gasteiger partial charge in [0.05, 0.1) is 6.61 Å². The fraction of sp³-hybridized carbons (Fsp3) is 0.500. The molecule has 0 aromatic carbocycles. The number of ether oxygens (including phenoxy) is 1. The van der Waals surface area contributed by atoms with Gasteiger partial charge in [-0.05, 0) is 18.5 Å². The van der Waals surface area contributed by atoms with E-state index in [4.69, 9.17) is 42.6 Å². The maximum Gasteiger partial charge on any atom is 0.490 e. The maximum absolute atomic E-state index is 12.3. The predicted molar refractivity (Wildman–Crippen MR) is 108 cm³/mol. The first-order valence-electron chi connectivity index (χ1n) is 8.17. The molecule has 0 bridgehead atoms. The molecular weight excluding hydrogens is 560 g/mol. The normalized spacial score (nSPS) is 29.0. The second kappa shape index (κ2) is 10.0. The van der Waals surface area contributed by atoms with Crippen molar-refractivity contribution in [2.45, 2.75) is 30.2 Å². The Morgan fingerprint density at radius 2 is 1.82 bits per heavy atom. The molecule has 21 heteroatoms. The van der Waals surface area contributed by atoms with E-state index in [0.29, 0.717) is 0 Å². The third kappa shape index (κ3) is 7.08. The average Bonchev–Trinajstić information content (AvgIpc) is 2.81. The van der Waals surface area contributed by atoms with Crippen molar-refractivity contribution in [3.8, 4) is 11.3 Å². The monoisotopic (exact) mass is 574 g/mol. The van der Waals surface area contributed by atoms with Crippen molar-refractivity contribution in [3.05, 3.63) is 32.6 Å². The average molecular weight is 575 g/mol. The number of alkyl halides is 1. The molecule has 33 heavy (non-hydrogen) atoms. The number of aryl methyl sites for hydroxylation is 1. The summed E-state index contributed by atoms with van der Waals surface area (Å²) in [4.78, 5) is 59.3. The Bertz CT molecular complexity index is 1230. The van der Waals surface area contributed by atoms with Gasteiger partial charge in [0.25, 0.3) is 5.56 Å². The number of aromatic nitrogens is 2. The number of H-pyrrole nitrogens is 1. The molecule has 1 saturated heterocycles. The summed E-state index contributed by atoms with van der Waals surface area (Å²) in [5.74, 6) is 2.22. The molecule has 186 valence electrons. The van der Waals surface area contributed by atoms with E-state index in [-0.39, 0.29) is 5.69 Å². The second-order valence-corrected chi connectivity index (χ2v) is 11.5. The quantitative estimate of drug-likeness (QED) is 0.132. The number of nitrogens with zero attached hydrogens (tertiary/aromatic N) is 1. The lowest BCUT2D eigenvalue weighted by molar-refractivity contribution is -0.0462. The van der Waals surface area contributed by atoms with E-state index >= 15 is 0 Å². The molecule has 6 atom stereocenters. The molecule has 1 aliphatic heterocycles. The van der Waals surface area contributed by atoms with Gasteiger partial charge in [-0.3, -0.25) is 18.9 Å². The van der Waals surface area contributed by atoms with Crippen molar-refractivity contribution in [1.29, 1.82) is 0 Å². The number of phosphoric ester groups is 1. The van der Waals surface area contributed by atoms with Crippen molar-refractivity contribution in [1.82, 2.24) is 9.55 Å². The molecule has 6 N–H and O–H groups in total. The van der Waals surface area contributed by atoms with E-state index in [1.807, 2.05) is 10.4 Å². The molecule has 0 aliphatic carbocycles. The molecule has 0 spiro atoms. The van der Waals surface area contributed by atoms with Gasteiger partial charge in [-0.25, -0.2) is 18.5 Å². The molecule has 0 saturated carbocycles. The maximum atomic E-state index is 12.3. The molecule has 0 amide bonds. The van der Waals surface area contributed by atoms with E-state index in [2.05, 4.69) is 19.1 Å². The number of aliphatic hydroxyl groups excluding tert-OH is 1. The van der Waals surface area contributed by atoms with Gasteiger partial charge in [-0.15, -0.1) is 0 Å². The Morgan fingerprint density at radius 1 is 1.21 bits per heavy atom.